The van der Waals surface area contributed by atoms with Crippen LogP contribution in [0.3, 0.4) is 0 Å². The number of aryl methyl sites for hydroxylation is 1. The number of carbonyl (C=O) groups excluding carboxylic acids is 2. The molecule has 3 rings (SSSR count). The van der Waals surface area contributed by atoms with E-state index in [1.807, 2.05) is 0 Å². The number of rotatable bonds is 5. The summed E-state index contributed by atoms with van der Waals surface area (Å²) in [6, 6.07) is 11.8. The van der Waals surface area contributed by atoms with E-state index >= 15 is 0 Å². The van der Waals surface area contributed by atoms with Crippen LogP contribution < -0.4 is 10.6 Å². The van der Waals surface area contributed by atoms with Gasteiger partial charge in [0.05, 0.1) is 28.0 Å². The van der Waals surface area contributed by atoms with Crippen molar-refractivity contribution in [2.75, 3.05) is 11.9 Å². The molecule has 3 aromatic rings. The molecule has 2 amide bonds. The molecule has 0 atom stereocenters. The first-order valence-corrected chi connectivity index (χ1v) is 8.95. The number of halogens is 3. The fraction of sp³-hybridized carbons (Fsp3) is 0.105. The standard InChI is InChI=1S/C19H15Cl2FN4O2/c1-11-8-17(26(25-11)14-5-3-13(22)4-6-14)24-18(27)10-23-19(28)12-2-7-15(20)16(21)9-12/h2-9H,10H2,1H3,(H,23,28)(H,24,27). The summed E-state index contributed by atoms with van der Waals surface area (Å²) in [6.45, 7) is 1.51. The minimum atomic E-state index is -0.461. The van der Waals surface area contributed by atoms with E-state index in [4.69, 9.17) is 23.2 Å². The molecule has 1 heterocycles. The Bertz CT molecular complexity index is 1030. The highest BCUT2D eigenvalue weighted by Crippen LogP contribution is 2.22. The van der Waals surface area contributed by atoms with Gasteiger partial charge in [0, 0.05) is 11.6 Å². The Balaban J connectivity index is 1.66. The van der Waals surface area contributed by atoms with Crippen molar-refractivity contribution in [3.63, 3.8) is 0 Å². The van der Waals surface area contributed by atoms with Gasteiger partial charge in [-0.1, -0.05) is 23.2 Å². The number of hydrogen-bond acceptors (Lipinski definition) is 3. The highest BCUT2D eigenvalue weighted by molar-refractivity contribution is 6.42. The molecule has 144 valence electrons. The number of hydrogen-bond donors (Lipinski definition) is 2. The van der Waals surface area contributed by atoms with Crippen molar-refractivity contribution < 1.29 is 14.0 Å². The summed E-state index contributed by atoms with van der Waals surface area (Å²) in [5, 5.41) is 10.1. The lowest BCUT2D eigenvalue weighted by Crippen LogP contribution is -2.33. The fourth-order valence-electron chi connectivity index (χ4n) is 2.45. The zero-order valence-corrected chi connectivity index (χ0v) is 16.2. The van der Waals surface area contributed by atoms with Crippen molar-refractivity contribution in [2.24, 2.45) is 0 Å². The van der Waals surface area contributed by atoms with E-state index in [1.54, 1.807) is 25.1 Å². The Kier molecular flexibility index (Phi) is 5.96. The number of aromatic nitrogens is 2. The molecule has 6 nitrogen and oxygen atoms in total. The summed E-state index contributed by atoms with van der Waals surface area (Å²) in [4.78, 5) is 24.4. The summed E-state index contributed by atoms with van der Waals surface area (Å²) in [6.07, 6.45) is 0. The lowest BCUT2D eigenvalue weighted by Gasteiger charge is -2.10. The smallest absolute Gasteiger partial charge is 0.251 e. The zero-order valence-electron chi connectivity index (χ0n) is 14.7. The van der Waals surface area contributed by atoms with Crippen LogP contribution in [0.15, 0.2) is 48.5 Å². The highest BCUT2D eigenvalue weighted by Gasteiger charge is 2.13. The van der Waals surface area contributed by atoms with Crippen molar-refractivity contribution in [3.05, 3.63) is 75.7 Å². The van der Waals surface area contributed by atoms with Crippen LogP contribution in [0.4, 0.5) is 10.2 Å². The maximum absolute atomic E-state index is 13.1. The van der Waals surface area contributed by atoms with E-state index < -0.39 is 11.8 Å². The Morgan fingerprint density at radius 2 is 1.79 bits per heavy atom. The van der Waals surface area contributed by atoms with Crippen molar-refractivity contribution in [1.82, 2.24) is 15.1 Å². The van der Waals surface area contributed by atoms with Gasteiger partial charge in [-0.25, -0.2) is 9.07 Å². The first kappa shape index (κ1) is 19.9. The molecule has 0 aliphatic heterocycles. The minimum Gasteiger partial charge on any atom is -0.343 e. The quantitative estimate of drug-likeness (QED) is 0.654. The molecule has 2 aromatic carbocycles. The topological polar surface area (TPSA) is 76.0 Å². The molecule has 2 N–H and O–H groups in total. The van der Waals surface area contributed by atoms with Crippen LogP contribution in [0, 0.1) is 12.7 Å². The maximum Gasteiger partial charge on any atom is 0.251 e. The molecule has 0 aliphatic carbocycles. The molecule has 0 spiro atoms. The first-order valence-electron chi connectivity index (χ1n) is 8.19. The van der Waals surface area contributed by atoms with Crippen LogP contribution in [0.2, 0.25) is 10.0 Å². The number of nitrogens with zero attached hydrogens (tertiary/aromatic N) is 2. The van der Waals surface area contributed by atoms with Gasteiger partial charge in [0.1, 0.15) is 11.6 Å². The summed E-state index contributed by atoms with van der Waals surface area (Å²) < 4.78 is 14.6. The van der Waals surface area contributed by atoms with Crippen molar-refractivity contribution in [1.29, 1.82) is 0 Å². The van der Waals surface area contributed by atoms with Crippen molar-refractivity contribution in [2.45, 2.75) is 6.92 Å². The molecule has 0 bridgehead atoms. The Morgan fingerprint density at radius 3 is 2.46 bits per heavy atom. The van der Waals surface area contributed by atoms with Gasteiger partial charge >= 0.3 is 0 Å². The lowest BCUT2D eigenvalue weighted by molar-refractivity contribution is -0.115. The van der Waals surface area contributed by atoms with Gasteiger partial charge in [0.25, 0.3) is 5.91 Å². The van der Waals surface area contributed by atoms with Gasteiger partial charge in [0.15, 0.2) is 0 Å². The third kappa shape index (κ3) is 4.68. The van der Waals surface area contributed by atoms with Gasteiger partial charge < -0.3 is 10.6 Å². The maximum atomic E-state index is 13.1. The second-order valence-corrected chi connectivity index (χ2v) is 6.73. The summed E-state index contributed by atoms with van der Waals surface area (Å²) in [5.74, 6) is -0.880. The predicted octanol–water partition coefficient (Wildman–Crippen LogP) is 4.00. The van der Waals surface area contributed by atoms with Crippen LogP contribution in [0.25, 0.3) is 5.69 Å². The zero-order chi connectivity index (χ0) is 20.3. The second-order valence-electron chi connectivity index (χ2n) is 5.92. The van der Waals surface area contributed by atoms with Gasteiger partial charge in [-0.2, -0.15) is 5.10 Å². The summed E-state index contributed by atoms with van der Waals surface area (Å²) >= 11 is 11.7. The van der Waals surface area contributed by atoms with Crippen LogP contribution in [0.5, 0.6) is 0 Å². The van der Waals surface area contributed by atoms with E-state index in [1.165, 1.54) is 35.0 Å². The van der Waals surface area contributed by atoms with Gasteiger partial charge in [-0.05, 0) is 49.4 Å². The predicted molar refractivity (Wildman–Crippen MR) is 106 cm³/mol. The number of nitrogens with one attached hydrogen (secondary N) is 2. The van der Waals surface area contributed by atoms with E-state index in [0.29, 0.717) is 22.2 Å². The monoisotopic (exact) mass is 420 g/mol. The molecular formula is C19H15Cl2FN4O2. The van der Waals surface area contributed by atoms with Crippen LogP contribution in [0.1, 0.15) is 16.1 Å². The molecule has 0 unspecified atom stereocenters. The third-order valence-corrected chi connectivity index (χ3v) is 4.50. The molecule has 0 saturated carbocycles. The third-order valence-electron chi connectivity index (χ3n) is 3.76. The Labute approximate surface area is 170 Å². The average Bonchev–Trinajstić information content (AvgIpc) is 3.02. The van der Waals surface area contributed by atoms with Crippen molar-refractivity contribution >= 4 is 40.8 Å². The minimum absolute atomic E-state index is 0.248. The molecule has 0 saturated heterocycles. The van der Waals surface area contributed by atoms with Gasteiger partial charge in [0.2, 0.25) is 5.91 Å². The lowest BCUT2D eigenvalue weighted by atomic mass is 10.2. The summed E-state index contributed by atoms with van der Waals surface area (Å²) in [5.41, 5.74) is 1.54. The average molecular weight is 421 g/mol. The van der Waals surface area contributed by atoms with Crippen LogP contribution in [-0.2, 0) is 4.79 Å². The highest BCUT2D eigenvalue weighted by atomic mass is 35.5. The van der Waals surface area contributed by atoms with E-state index in [0.717, 1.165) is 0 Å². The molecule has 0 radical (unpaired) electrons. The van der Waals surface area contributed by atoms with Crippen LogP contribution in [-0.4, -0.2) is 28.1 Å². The van der Waals surface area contributed by atoms with E-state index in [-0.39, 0.29) is 22.9 Å². The van der Waals surface area contributed by atoms with E-state index in [2.05, 4.69) is 15.7 Å². The second kappa shape index (κ2) is 8.41. The number of benzene rings is 2. The normalized spacial score (nSPS) is 10.6. The fourth-order valence-corrected chi connectivity index (χ4v) is 2.75. The number of carbonyl (C=O) groups is 2. The van der Waals surface area contributed by atoms with Crippen LogP contribution >= 0.6 is 23.2 Å². The first-order chi connectivity index (χ1) is 13.3. The Hall–Kier alpha value is -2.90. The number of anilines is 1. The summed E-state index contributed by atoms with van der Waals surface area (Å²) in [7, 11) is 0. The molecule has 0 fully saturated rings. The molecular weight excluding hydrogens is 406 g/mol. The molecule has 28 heavy (non-hydrogen) atoms. The van der Waals surface area contributed by atoms with Gasteiger partial charge in [-0.15, -0.1) is 0 Å². The van der Waals surface area contributed by atoms with E-state index in [9.17, 15) is 14.0 Å². The SMILES string of the molecule is Cc1cc(NC(=O)CNC(=O)c2ccc(Cl)c(Cl)c2)n(-c2ccc(F)cc2)n1. The van der Waals surface area contributed by atoms with Crippen molar-refractivity contribution in [3.8, 4) is 5.69 Å². The molecule has 0 aliphatic rings. The number of amides is 2. The molecule has 1 aromatic heterocycles. The Morgan fingerprint density at radius 1 is 1.07 bits per heavy atom. The largest absolute Gasteiger partial charge is 0.343 e. The van der Waals surface area contributed by atoms with Gasteiger partial charge in [-0.3, -0.25) is 9.59 Å². The molecule has 9 heteroatoms.